The molecule has 2 aromatic rings. The molecule has 126 valence electrons. The first-order chi connectivity index (χ1) is 11.1. The van der Waals surface area contributed by atoms with Gasteiger partial charge in [-0.25, -0.2) is 9.67 Å². The fourth-order valence-electron chi connectivity index (χ4n) is 4.23. The Hall–Kier alpha value is -1.14. The molecule has 2 aromatic heterocycles. The van der Waals surface area contributed by atoms with Crippen molar-refractivity contribution in [3.05, 3.63) is 5.69 Å². The van der Waals surface area contributed by atoms with Crippen LogP contribution in [0, 0.1) is 12.8 Å². The average molecular weight is 334 g/mol. The first-order valence-corrected chi connectivity index (χ1v) is 9.74. The fraction of sp³-hybridized carbons (Fsp3) is 0.765. The van der Waals surface area contributed by atoms with E-state index < -0.39 is 0 Å². The highest BCUT2D eigenvalue weighted by molar-refractivity contribution is 7.22. The van der Waals surface area contributed by atoms with Crippen molar-refractivity contribution in [1.29, 1.82) is 0 Å². The Balaban J connectivity index is 1.43. The Bertz CT molecular complexity index is 642. The normalized spacial score (nSPS) is 22.3. The summed E-state index contributed by atoms with van der Waals surface area (Å²) < 4.78 is 3.16. The van der Waals surface area contributed by atoms with Gasteiger partial charge in [-0.2, -0.15) is 5.10 Å². The monoisotopic (exact) mass is 333 g/mol. The minimum Gasteiger partial charge on any atom is -0.348 e. The molecule has 0 saturated carbocycles. The fourth-order valence-corrected chi connectivity index (χ4v) is 5.31. The van der Waals surface area contributed by atoms with Gasteiger partial charge in [-0.15, -0.1) is 0 Å². The molecule has 4 rings (SSSR count). The molecule has 0 bridgehead atoms. The summed E-state index contributed by atoms with van der Waals surface area (Å²) in [4.78, 5) is 10.0. The molecule has 0 amide bonds. The molecule has 0 aromatic carbocycles. The lowest BCUT2D eigenvalue weighted by atomic mass is 9.89. The molecule has 2 aliphatic rings. The van der Waals surface area contributed by atoms with E-state index in [1.165, 1.54) is 48.6 Å². The third kappa shape index (κ3) is 2.76. The van der Waals surface area contributed by atoms with Crippen LogP contribution in [-0.2, 0) is 7.05 Å². The number of hydrogen-bond donors (Lipinski definition) is 0. The smallest absolute Gasteiger partial charge is 0.188 e. The van der Waals surface area contributed by atoms with E-state index in [0.717, 1.165) is 36.4 Å². The minimum absolute atomic E-state index is 0.751. The predicted octanol–water partition coefficient (Wildman–Crippen LogP) is 3.04. The van der Waals surface area contributed by atoms with E-state index in [9.17, 15) is 0 Å². The lowest BCUT2D eigenvalue weighted by molar-refractivity contribution is 0.168. The van der Waals surface area contributed by atoms with Crippen LogP contribution in [0.1, 0.15) is 38.3 Å². The van der Waals surface area contributed by atoms with Gasteiger partial charge < -0.3 is 9.80 Å². The molecule has 23 heavy (non-hydrogen) atoms. The average Bonchev–Trinajstić information content (AvgIpc) is 3.27. The maximum absolute atomic E-state index is 4.84. The quantitative estimate of drug-likeness (QED) is 0.865. The molecular weight excluding hydrogens is 306 g/mol. The maximum Gasteiger partial charge on any atom is 0.188 e. The second-order valence-electron chi connectivity index (χ2n) is 7.17. The number of rotatable bonds is 3. The highest BCUT2D eigenvalue weighted by Crippen LogP contribution is 2.34. The highest BCUT2D eigenvalue weighted by atomic mass is 32.1. The molecule has 2 fully saturated rings. The maximum atomic E-state index is 4.84. The number of thiazole rings is 1. The summed E-state index contributed by atoms with van der Waals surface area (Å²) in [6.45, 7) is 9.44. The molecule has 0 spiro atoms. The molecule has 6 heteroatoms. The summed E-state index contributed by atoms with van der Waals surface area (Å²) >= 11 is 1.81. The number of anilines is 1. The van der Waals surface area contributed by atoms with Crippen LogP contribution in [0.5, 0.6) is 0 Å². The standard InChI is InChI=1S/C17H27N5S/c1-12-15-16(20(3)19-12)18-17(23-15)22-10-6-14(7-11-22)13(2)21-8-4-5-9-21/h13-14H,4-11H2,1-3H3/t13-/m1/s1. The Morgan fingerprint density at radius 2 is 1.83 bits per heavy atom. The molecule has 2 saturated heterocycles. The zero-order valence-electron chi connectivity index (χ0n) is 14.5. The van der Waals surface area contributed by atoms with Crippen LogP contribution in [0.4, 0.5) is 5.13 Å². The molecule has 2 aliphatic heterocycles. The zero-order chi connectivity index (χ0) is 16.0. The van der Waals surface area contributed by atoms with E-state index in [-0.39, 0.29) is 0 Å². The van der Waals surface area contributed by atoms with Gasteiger partial charge in [0, 0.05) is 26.2 Å². The third-order valence-electron chi connectivity index (χ3n) is 5.74. The van der Waals surface area contributed by atoms with E-state index in [2.05, 4.69) is 28.7 Å². The van der Waals surface area contributed by atoms with Crippen LogP contribution in [0.25, 0.3) is 10.3 Å². The number of piperidine rings is 1. The largest absolute Gasteiger partial charge is 0.348 e. The van der Waals surface area contributed by atoms with Gasteiger partial charge in [-0.1, -0.05) is 11.3 Å². The molecule has 0 unspecified atom stereocenters. The number of fused-ring (bicyclic) bond motifs is 1. The van der Waals surface area contributed by atoms with Crippen LogP contribution in [0.15, 0.2) is 0 Å². The van der Waals surface area contributed by atoms with E-state index in [4.69, 9.17) is 4.98 Å². The summed E-state index contributed by atoms with van der Waals surface area (Å²) in [6, 6.07) is 0.751. The zero-order valence-corrected chi connectivity index (χ0v) is 15.3. The van der Waals surface area contributed by atoms with Crippen molar-refractivity contribution in [2.24, 2.45) is 13.0 Å². The number of nitrogens with zero attached hydrogens (tertiary/aromatic N) is 5. The Labute approximate surface area is 142 Å². The number of likely N-dealkylation sites (tertiary alicyclic amines) is 1. The summed E-state index contributed by atoms with van der Waals surface area (Å²) in [5.74, 6) is 0.849. The minimum atomic E-state index is 0.751. The first-order valence-electron chi connectivity index (χ1n) is 8.92. The molecular formula is C17H27N5S. The Kier molecular flexibility index (Phi) is 4.05. The SMILES string of the molecule is Cc1nn(C)c2nc(N3CCC([C@@H](C)N4CCCC4)CC3)sc12. The summed E-state index contributed by atoms with van der Waals surface area (Å²) in [5, 5.41) is 5.64. The molecule has 1 atom stereocenters. The predicted molar refractivity (Wildman–Crippen MR) is 96.3 cm³/mol. The van der Waals surface area contributed by atoms with Crippen molar-refractivity contribution in [1.82, 2.24) is 19.7 Å². The Morgan fingerprint density at radius 1 is 1.13 bits per heavy atom. The van der Waals surface area contributed by atoms with Gasteiger partial charge in [0.2, 0.25) is 0 Å². The van der Waals surface area contributed by atoms with Crippen molar-refractivity contribution >= 4 is 26.8 Å². The van der Waals surface area contributed by atoms with Crippen LogP contribution in [-0.4, -0.2) is 51.9 Å². The van der Waals surface area contributed by atoms with Gasteiger partial charge in [0.15, 0.2) is 10.8 Å². The highest BCUT2D eigenvalue weighted by Gasteiger charge is 2.30. The number of aromatic nitrogens is 3. The van der Waals surface area contributed by atoms with Crippen molar-refractivity contribution in [2.45, 2.75) is 45.6 Å². The van der Waals surface area contributed by atoms with Crippen molar-refractivity contribution in [3.8, 4) is 0 Å². The lowest BCUT2D eigenvalue weighted by Crippen LogP contribution is -2.43. The lowest BCUT2D eigenvalue weighted by Gasteiger charge is -2.38. The molecule has 0 radical (unpaired) electrons. The van der Waals surface area contributed by atoms with Gasteiger partial charge in [0.1, 0.15) is 0 Å². The molecule has 5 nitrogen and oxygen atoms in total. The summed E-state index contributed by atoms with van der Waals surface area (Å²) in [7, 11) is 1.99. The van der Waals surface area contributed by atoms with E-state index in [1.54, 1.807) is 0 Å². The number of hydrogen-bond acceptors (Lipinski definition) is 5. The first kappa shape index (κ1) is 15.4. The van der Waals surface area contributed by atoms with Gasteiger partial charge in [-0.3, -0.25) is 0 Å². The van der Waals surface area contributed by atoms with Gasteiger partial charge in [0.25, 0.3) is 0 Å². The van der Waals surface area contributed by atoms with Crippen LogP contribution in [0.2, 0.25) is 0 Å². The second-order valence-corrected chi connectivity index (χ2v) is 8.14. The van der Waals surface area contributed by atoms with Crippen LogP contribution in [0.3, 0.4) is 0 Å². The molecule has 4 heterocycles. The molecule has 0 aliphatic carbocycles. The third-order valence-corrected chi connectivity index (χ3v) is 6.96. The van der Waals surface area contributed by atoms with Gasteiger partial charge in [0.05, 0.1) is 10.4 Å². The van der Waals surface area contributed by atoms with Gasteiger partial charge >= 0.3 is 0 Å². The van der Waals surface area contributed by atoms with E-state index in [0.29, 0.717) is 0 Å². The van der Waals surface area contributed by atoms with Crippen LogP contribution < -0.4 is 4.90 Å². The Morgan fingerprint density at radius 3 is 2.48 bits per heavy atom. The van der Waals surface area contributed by atoms with E-state index >= 15 is 0 Å². The summed E-state index contributed by atoms with van der Waals surface area (Å²) in [6.07, 6.45) is 5.38. The van der Waals surface area contributed by atoms with Crippen LogP contribution >= 0.6 is 11.3 Å². The summed E-state index contributed by atoms with van der Waals surface area (Å²) in [5.41, 5.74) is 2.14. The topological polar surface area (TPSA) is 37.2 Å². The van der Waals surface area contributed by atoms with Crippen molar-refractivity contribution in [3.63, 3.8) is 0 Å². The van der Waals surface area contributed by atoms with Crippen molar-refractivity contribution < 1.29 is 0 Å². The second kappa shape index (κ2) is 6.06. The molecule has 0 N–H and O–H groups in total. The number of aryl methyl sites for hydroxylation is 2. The van der Waals surface area contributed by atoms with Gasteiger partial charge in [-0.05, 0) is 58.5 Å². The van der Waals surface area contributed by atoms with Crippen molar-refractivity contribution in [2.75, 3.05) is 31.1 Å². The van der Waals surface area contributed by atoms with E-state index in [1.807, 2.05) is 23.1 Å².